The van der Waals surface area contributed by atoms with E-state index in [9.17, 15) is 0 Å². The molecule has 88 valence electrons. The van der Waals surface area contributed by atoms with Crippen molar-refractivity contribution in [2.75, 3.05) is 11.9 Å². The van der Waals surface area contributed by atoms with Crippen LogP contribution in [0.1, 0.15) is 37.9 Å². The molecule has 0 aromatic carbocycles. The van der Waals surface area contributed by atoms with Gasteiger partial charge in [0.05, 0.1) is 12.6 Å². The SMILES string of the molecule is CCC(CO)Nc1cc(=S)nc(C2CC2)[nH]1. The fourth-order valence-electron chi connectivity index (χ4n) is 1.60. The fourth-order valence-corrected chi connectivity index (χ4v) is 1.82. The highest BCUT2D eigenvalue weighted by molar-refractivity contribution is 7.71. The Morgan fingerprint density at radius 2 is 2.44 bits per heavy atom. The highest BCUT2D eigenvalue weighted by Crippen LogP contribution is 2.38. The predicted molar refractivity (Wildman–Crippen MR) is 66.2 cm³/mol. The summed E-state index contributed by atoms with van der Waals surface area (Å²) in [7, 11) is 0. The van der Waals surface area contributed by atoms with E-state index in [-0.39, 0.29) is 12.6 Å². The number of aromatic nitrogens is 2. The Bertz CT molecular complexity index is 410. The number of nitrogens with zero attached hydrogens (tertiary/aromatic N) is 1. The van der Waals surface area contributed by atoms with Crippen LogP contribution in [0.5, 0.6) is 0 Å². The topological polar surface area (TPSA) is 60.9 Å². The summed E-state index contributed by atoms with van der Waals surface area (Å²) >= 11 is 5.13. The van der Waals surface area contributed by atoms with Crippen molar-refractivity contribution < 1.29 is 5.11 Å². The molecule has 5 heteroatoms. The van der Waals surface area contributed by atoms with Crippen molar-refractivity contribution >= 4 is 18.0 Å². The highest BCUT2D eigenvalue weighted by atomic mass is 32.1. The molecule has 0 radical (unpaired) electrons. The number of hydrogen-bond donors (Lipinski definition) is 3. The minimum Gasteiger partial charge on any atom is -0.394 e. The monoisotopic (exact) mass is 239 g/mol. The molecule has 16 heavy (non-hydrogen) atoms. The van der Waals surface area contributed by atoms with E-state index in [4.69, 9.17) is 17.3 Å². The maximum absolute atomic E-state index is 9.13. The Morgan fingerprint density at radius 3 is 3.00 bits per heavy atom. The van der Waals surface area contributed by atoms with Gasteiger partial charge in [0, 0.05) is 12.0 Å². The Kier molecular flexibility index (Phi) is 3.56. The Hall–Kier alpha value is -0.940. The number of nitrogens with one attached hydrogen (secondary N) is 2. The van der Waals surface area contributed by atoms with E-state index in [2.05, 4.69) is 15.3 Å². The van der Waals surface area contributed by atoms with Crippen molar-refractivity contribution in [2.24, 2.45) is 0 Å². The van der Waals surface area contributed by atoms with Crippen molar-refractivity contribution in [1.82, 2.24) is 9.97 Å². The molecule has 1 fully saturated rings. The van der Waals surface area contributed by atoms with E-state index in [1.807, 2.05) is 6.92 Å². The second kappa shape index (κ2) is 4.93. The molecule has 1 atom stereocenters. The van der Waals surface area contributed by atoms with Crippen LogP contribution in [-0.4, -0.2) is 27.7 Å². The first kappa shape index (κ1) is 11.5. The van der Waals surface area contributed by atoms with Crippen LogP contribution in [0.3, 0.4) is 0 Å². The van der Waals surface area contributed by atoms with E-state index in [0.717, 1.165) is 18.1 Å². The molecule has 1 unspecified atom stereocenters. The van der Waals surface area contributed by atoms with E-state index in [0.29, 0.717) is 10.6 Å². The normalized spacial score (nSPS) is 17.1. The quantitative estimate of drug-likeness (QED) is 0.689. The Labute approximate surface area is 100 Å². The van der Waals surface area contributed by atoms with E-state index < -0.39 is 0 Å². The van der Waals surface area contributed by atoms with Gasteiger partial charge in [0.25, 0.3) is 0 Å². The van der Waals surface area contributed by atoms with Gasteiger partial charge in [-0.05, 0) is 19.3 Å². The Balaban J connectivity index is 2.16. The number of hydrogen-bond acceptors (Lipinski definition) is 4. The molecular formula is C11H17N3OS. The first-order valence-electron chi connectivity index (χ1n) is 5.71. The summed E-state index contributed by atoms with van der Waals surface area (Å²) in [4.78, 5) is 7.56. The second-order valence-electron chi connectivity index (χ2n) is 4.22. The zero-order chi connectivity index (χ0) is 11.5. The number of H-pyrrole nitrogens is 1. The summed E-state index contributed by atoms with van der Waals surface area (Å²) in [6, 6.07) is 1.87. The van der Waals surface area contributed by atoms with E-state index >= 15 is 0 Å². The summed E-state index contributed by atoms with van der Waals surface area (Å²) < 4.78 is 0.607. The van der Waals surface area contributed by atoms with Gasteiger partial charge in [-0.2, -0.15) is 0 Å². The molecule has 1 aliphatic carbocycles. The summed E-state index contributed by atoms with van der Waals surface area (Å²) in [5.74, 6) is 2.39. The van der Waals surface area contributed by atoms with Crippen molar-refractivity contribution in [3.63, 3.8) is 0 Å². The van der Waals surface area contributed by atoms with Crippen molar-refractivity contribution in [1.29, 1.82) is 0 Å². The van der Waals surface area contributed by atoms with Gasteiger partial charge in [-0.25, -0.2) is 4.98 Å². The number of rotatable bonds is 5. The molecular weight excluding hydrogens is 222 g/mol. The first-order chi connectivity index (χ1) is 7.72. The van der Waals surface area contributed by atoms with Crippen molar-refractivity contribution in [3.05, 3.63) is 16.5 Å². The molecule has 0 aliphatic heterocycles. The van der Waals surface area contributed by atoms with Gasteiger partial charge in [0.15, 0.2) is 0 Å². The molecule has 3 N–H and O–H groups in total. The average molecular weight is 239 g/mol. The van der Waals surface area contributed by atoms with E-state index in [1.165, 1.54) is 12.8 Å². The van der Waals surface area contributed by atoms with Crippen LogP contribution in [0, 0.1) is 4.64 Å². The maximum atomic E-state index is 9.13. The predicted octanol–water partition coefficient (Wildman–Crippen LogP) is 2.20. The lowest BCUT2D eigenvalue weighted by molar-refractivity contribution is 0.271. The van der Waals surface area contributed by atoms with Crippen LogP contribution in [0.2, 0.25) is 0 Å². The van der Waals surface area contributed by atoms with Crippen LogP contribution in [0.15, 0.2) is 6.07 Å². The average Bonchev–Trinajstić information content (AvgIpc) is 3.08. The van der Waals surface area contributed by atoms with Crippen LogP contribution < -0.4 is 5.32 Å². The smallest absolute Gasteiger partial charge is 0.131 e. The van der Waals surface area contributed by atoms with Crippen LogP contribution in [0.25, 0.3) is 0 Å². The molecule has 1 aromatic rings. The van der Waals surface area contributed by atoms with Crippen LogP contribution in [-0.2, 0) is 0 Å². The maximum Gasteiger partial charge on any atom is 0.131 e. The van der Waals surface area contributed by atoms with Gasteiger partial charge < -0.3 is 15.4 Å². The highest BCUT2D eigenvalue weighted by Gasteiger charge is 2.26. The third kappa shape index (κ3) is 2.80. The summed E-state index contributed by atoms with van der Waals surface area (Å²) in [6.45, 7) is 2.16. The molecule has 1 aliphatic rings. The zero-order valence-corrected chi connectivity index (χ0v) is 10.2. The molecule has 1 heterocycles. The molecule has 2 rings (SSSR count). The Morgan fingerprint density at radius 1 is 1.69 bits per heavy atom. The zero-order valence-electron chi connectivity index (χ0n) is 9.36. The number of aliphatic hydroxyl groups is 1. The third-order valence-corrected chi connectivity index (χ3v) is 3.01. The number of anilines is 1. The summed E-state index contributed by atoms with van der Waals surface area (Å²) in [6.07, 6.45) is 3.26. The fraction of sp³-hybridized carbons (Fsp3) is 0.636. The minimum atomic E-state index is 0.0695. The lowest BCUT2D eigenvalue weighted by atomic mass is 10.2. The molecule has 0 spiro atoms. The summed E-state index contributed by atoms with van der Waals surface area (Å²) in [5, 5.41) is 12.4. The van der Waals surface area contributed by atoms with Gasteiger partial charge in [-0.1, -0.05) is 19.1 Å². The van der Waals surface area contributed by atoms with Crippen LogP contribution >= 0.6 is 12.2 Å². The molecule has 1 saturated carbocycles. The van der Waals surface area contributed by atoms with E-state index in [1.54, 1.807) is 6.07 Å². The van der Waals surface area contributed by atoms with Gasteiger partial charge in [-0.15, -0.1) is 0 Å². The lowest BCUT2D eigenvalue weighted by Crippen LogP contribution is -2.23. The molecule has 0 saturated heterocycles. The molecule has 0 bridgehead atoms. The van der Waals surface area contributed by atoms with Gasteiger partial charge in [0.2, 0.25) is 0 Å². The third-order valence-electron chi connectivity index (χ3n) is 2.80. The lowest BCUT2D eigenvalue weighted by Gasteiger charge is -2.15. The second-order valence-corrected chi connectivity index (χ2v) is 4.64. The minimum absolute atomic E-state index is 0.0695. The molecule has 4 nitrogen and oxygen atoms in total. The molecule has 0 amide bonds. The number of aliphatic hydroxyl groups excluding tert-OH is 1. The summed E-state index contributed by atoms with van der Waals surface area (Å²) in [5.41, 5.74) is 0. The number of aromatic amines is 1. The van der Waals surface area contributed by atoms with Crippen LogP contribution in [0.4, 0.5) is 5.82 Å². The van der Waals surface area contributed by atoms with Gasteiger partial charge in [-0.3, -0.25) is 0 Å². The first-order valence-corrected chi connectivity index (χ1v) is 6.12. The van der Waals surface area contributed by atoms with Crippen molar-refractivity contribution in [2.45, 2.75) is 38.1 Å². The largest absolute Gasteiger partial charge is 0.394 e. The van der Waals surface area contributed by atoms with Gasteiger partial charge in [0.1, 0.15) is 16.3 Å². The van der Waals surface area contributed by atoms with Crippen molar-refractivity contribution in [3.8, 4) is 0 Å². The molecule has 1 aromatic heterocycles. The standard InChI is InChI=1S/C11H17N3OS/c1-2-8(6-15)12-9-5-10(16)14-11(13-9)7-3-4-7/h5,7-8,15H,2-4,6H2,1H3,(H2,12,13,14,16). The van der Waals surface area contributed by atoms with Gasteiger partial charge >= 0.3 is 0 Å².